The van der Waals surface area contributed by atoms with E-state index in [0.717, 1.165) is 16.7 Å². The van der Waals surface area contributed by atoms with Gasteiger partial charge in [-0.25, -0.2) is 4.98 Å². The first-order valence-corrected chi connectivity index (χ1v) is 5.60. The van der Waals surface area contributed by atoms with Gasteiger partial charge in [0.05, 0.1) is 6.61 Å². The highest BCUT2D eigenvalue weighted by atomic mass is 16.3. The Kier molecular flexibility index (Phi) is 4.08. The van der Waals surface area contributed by atoms with Crippen LogP contribution in [0.5, 0.6) is 0 Å². The van der Waals surface area contributed by atoms with Crippen LogP contribution in [0.1, 0.15) is 12.0 Å². The van der Waals surface area contributed by atoms with Crippen molar-refractivity contribution < 1.29 is 14.6 Å². The third-order valence-electron chi connectivity index (χ3n) is 2.69. The molecule has 1 unspecified atom stereocenters. The van der Waals surface area contributed by atoms with Crippen LogP contribution in [-0.2, 0) is 6.54 Å². The number of aromatic nitrogens is 1. The van der Waals surface area contributed by atoms with Crippen LogP contribution in [-0.4, -0.2) is 34.5 Å². The Morgan fingerprint density at radius 2 is 2.24 bits per heavy atom. The van der Waals surface area contributed by atoms with Crippen LogP contribution >= 0.6 is 0 Å². The Hall–Kier alpha value is -1.43. The van der Waals surface area contributed by atoms with E-state index < -0.39 is 0 Å². The van der Waals surface area contributed by atoms with Crippen LogP contribution < -0.4 is 5.32 Å². The molecule has 3 N–H and O–H groups in total. The molecular formula is C12H16N2O3. The second-order valence-electron chi connectivity index (χ2n) is 3.93. The molecule has 0 bridgehead atoms. The summed E-state index contributed by atoms with van der Waals surface area (Å²) in [4.78, 5) is 4.04. The zero-order chi connectivity index (χ0) is 12.1. The van der Waals surface area contributed by atoms with Gasteiger partial charge in [0.2, 0.25) is 0 Å². The van der Waals surface area contributed by atoms with Crippen molar-refractivity contribution in [1.82, 2.24) is 10.3 Å². The van der Waals surface area contributed by atoms with Crippen molar-refractivity contribution in [1.29, 1.82) is 0 Å². The molecule has 0 saturated heterocycles. The molecule has 0 amide bonds. The first-order chi connectivity index (χ1) is 8.33. The van der Waals surface area contributed by atoms with E-state index in [1.807, 2.05) is 18.2 Å². The second kappa shape index (κ2) is 5.77. The highest BCUT2D eigenvalue weighted by Gasteiger charge is 2.06. The maximum Gasteiger partial charge on any atom is 0.181 e. The summed E-state index contributed by atoms with van der Waals surface area (Å²) in [5.41, 5.74) is 2.65. The van der Waals surface area contributed by atoms with Gasteiger partial charge in [-0.1, -0.05) is 6.07 Å². The average molecular weight is 236 g/mol. The fraction of sp³-hybridized carbons (Fsp3) is 0.417. The molecule has 0 fully saturated rings. The topological polar surface area (TPSA) is 78.5 Å². The number of nitrogens with one attached hydrogen (secondary N) is 1. The minimum Gasteiger partial charge on any atom is -0.443 e. The van der Waals surface area contributed by atoms with Crippen LogP contribution in [0.2, 0.25) is 0 Å². The van der Waals surface area contributed by atoms with E-state index in [4.69, 9.17) is 14.6 Å². The van der Waals surface area contributed by atoms with Crippen molar-refractivity contribution in [3.05, 3.63) is 30.2 Å². The number of aliphatic hydroxyl groups excluding tert-OH is 2. The second-order valence-corrected chi connectivity index (χ2v) is 3.93. The molecule has 0 aliphatic rings. The predicted molar refractivity (Wildman–Crippen MR) is 63.4 cm³/mol. The molecule has 1 atom stereocenters. The number of nitrogens with zero attached hydrogens (tertiary/aromatic N) is 1. The molecule has 0 aliphatic heterocycles. The maximum atomic E-state index is 9.07. The van der Waals surface area contributed by atoms with Crippen molar-refractivity contribution in [2.75, 3.05) is 13.2 Å². The van der Waals surface area contributed by atoms with Gasteiger partial charge in [-0.2, -0.15) is 0 Å². The van der Waals surface area contributed by atoms with Gasteiger partial charge in [0.25, 0.3) is 0 Å². The Balaban J connectivity index is 1.97. The largest absolute Gasteiger partial charge is 0.443 e. The summed E-state index contributed by atoms with van der Waals surface area (Å²) in [5, 5.41) is 21.0. The van der Waals surface area contributed by atoms with E-state index >= 15 is 0 Å². The normalized spacial score (nSPS) is 13.1. The lowest BCUT2D eigenvalue weighted by Crippen LogP contribution is -2.32. The Morgan fingerprint density at radius 1 is 1.35 bits per heavy atom. The van der Waals surface area contributed by atoms with Gasteiger partial charge in [0.15, 0.2) is 12.0 Å². The number of hydrogen-bond donors (Lipinski definition) is 3. The van der Waals surface area contributed by atoms with Gasteiger partial charge >= 0.3 is 0 Å². The third-order valence-corrected chi connectivity index (χ3v) is 2.69. The fourth-order valence-electron chi connectivity index (χ4n) is 1.69. The minimum atomic E-state index is -0.0783. The minimum absolute atomic E-state index is 0.0190. The lowest BCUT2D eigenvalue weighted by Gasteiger charge is -2.14. The highest BCUT2D eigenvalue weighted by molar-refractivity contribution is 5.72. The van der Waals surface area contributed by atoms with E-state index in [1.54, 1.807) is 0 Å². The summed E-state index contributed by atoms with van der Waals surface area (Å²) < 4.78 is 5.21. The average Bonchev–Trinajstić information content (AvgIpc) is 2.81. The van der Waals surface area contributed by atoms with E-state index in [9.17, 15) is 0 Å². The lowest BCUT2D eigenvalue weighted by molar-refractivity contribution is 0.200. The van der Waals surface area contributed by atoms with Gasteiger partial charge in [-0.15, -0.1) is 0 Å². The van der Waals surface area contributed by atoms with Gasteiger partial charge in [-0.05, 0) is 24.1 Å². The molecule has 5 heteroatoms. The maximum absolute atomic E-state index is 9.07. The SMILES string of the molecule is OCCC(CO)NCc1ccc2ncoc2c1. The molecule has 17 heavy (non-hydrogen) atoms. The smallest absolute Gasteiger partial charge is 0.181 e. The molecule has 2 rings (SSSR count). The molecule has 1 aromatic heterocycles. The van der Waals surface area contributed by atoms with Crippen LogP contribution in [0.25, 0.3) is 11.1 Å². The van der Waals surface area contributed by atoms with Crippen molar-refractivity contribution >= 4 is 11.1 Å². The molecule has 1 heterocycles. The fourth-order valence-corrected chi connectivity index (χ4v) is 1.69. The summed E-state index contributed by atoms with van der Waals surface area (Å²) >= 11 is 0. The molecule has 0 saturated carbocycles. The van der Waals surface area contributed by atoms with Gasteiger partial charge in [-0.3, -0.25) is 0 Å². The molecule has 0 aliphatic carbocycles. The first-order valence-electron chi connectivity index (χ1n) is 5.60. The number of benzene rings is 1. The highest BCUT2D eigenvalue weighted by Crippen LogP contribution is 2.14. The number of fused-ring (bicyclic) bond motifs is 1. The van der Waals surface area contributed by atoms with Crippen LogP contribution in [0.3, 0.4) is 0 Å². The molecule has 0 radical (unpaired) electrons. The van der Waals surface area contributed by atoms with Crippen molar-refractivity contribution in [3.63, 3.8) is 0 Å². The van der Waals surface area contributed by atoms with Crippen molar-refractivity contribution in [3.8, 4) is 0 Å². The quantitative estimate of drug-likeness (QED) is 0.686. The van der Waals surface area contributed by atoms with Crippen molar-refractivity contribution in [2.45, 2.75) is 19.0 Å². The predicted octanol–water partition coefficient (Wildman–Crippen LogP) is 0.661. The molecule has 1 aromatic carbocycles. The van der Waals surface area contributed by atoms with Crippen LogP contribution in [0, 0.1) is 0 Å². The number of hydrogen-bond acceptors (Lipinski definition) is 5. The van der Waals surface area contributed by atoms with Crippen molar-refractivity contribution in [2.24, 2.45) is 0 Å². The van der Waals surface area contributed by atoms with Crippen LogP contribution in [0.15, 0.2) is 29.0 Å². The van der Waals surface area contributed by atoms with E-state index in [-0.39, 0.29) is 19.3 Å². The molecule has 0 spiro atoms. The van der Waals surface area contributed by atoms with Crippen LogP contribution in [0.4, 0.5) is 0 Å². The van der Waals surface area contributed by atoms with Gasteiger partial charge in [0, 0.05) is 19.2 Å². The Bertz CT molecular complexity index is 469. The summed E-state index contributed by atoms with van der Waals surface area (Å²) in [6, 6.07) is 5.70. The van der Waals surface area contributed by atoms with E-state index in [2.05, 4.69) is 10.3 Å². The zero-order valence-corrected chi connectivity index (χ0v) is 9.47. The van der Waals surface area contributed by atoms with E-state index in [0.29, 0.717) is 13.0 Å². The molecular weight excluding hydrogens is 220 g/mol. The Morgan fingerprint density at radius 3 is 3.00 bits per heavy atom. The number of oxazole rings is 1. The monoisotopic (exact) mass is 236 g/mol. The van der Waals surface area contributed by atoms with Gasteiger partial charge < -0.3 is 19.9 Å². The van der Waals surface area contributed by atoms with E-state index in [1.165, 1.54) is 6.39 Å². The molecule has 5 nitrogen and oxygen atoms in total. The lowest BCUT2D eigenvalue weighted by atomic mass is 10.1. The molecule has 2 aromatic rings. The molecule has 92 valence electrons. The summed E-state index contributed by atoms with van der Waals surface area (Å²) in [7, 11) is 0. The standard InChI is InChI=1S/C12H16N2O3/c15-4-3-10(7-16)13-6-9-1-2-11-12(5-9)17-8-14-11/h1-2,5,8,10,13,15-16H,3-4,6-7H2. The Labute approximate surface area is 99.1 Å². The first kappa shape index (κ1) is 12.0. The van der Waals surface area contributed by atoms with Gasteiger partial charge in [0.1, 0.15) is 5.52 Å². The zero-order valence-electron chi connectivity index (χ0n) is 9.47. The summed E-state index contributed by atoms with van der Waals surface area (Å²) in [6.07, 6.45) is 1.96. The summed E-state index contributed by atoms with van der Waals surface area (Å²) in [6.45, 7) is 0.715. The third kappa shape index (κ3) is 3.03. The number of rotatable bonds is 6. The number of aliphatic hydroxyl groups is 2. The summed E-state index contributed by atoms with van der Waals surface area (Å²) in [5.74, 6) is 0.